The number of rotatable bonds is 5. The number of hydrogen-bond acceptors (Lipinski definition) is 4. The Labute approximate surface area is 174 Å². The Morgan fingerprint density at radius 3 is 2.27 bits per heavy atom. The molecule has 3 aromatic carbocycles. The molecule has 0 spiro atoms. The fraction of sp³-hybridized carbons (Fsp3) is 0.136. The molecule has 0 bridgehead atoms. The van der Waals surface area contributed by atoms with Crippen molar-refractivity contribution in [2.24, 2.45) is 0 Å². The van der Waals surface area contributed by atoms with E-state index in [2.05, 4.69) is 0 Å². The summed E-state index contributed by atoms with van der Waals surface area (Å²) < 4.78 is 46.5. The van der Waals surface area contributed by atoms with Crippen LogP contribution in [0, 0.1) is 5.82 Å². The Morgan fingerprint density at radius 2 is 1.57 bits per heavy atom. The van der Waals surface area contributed by atoms with Crippen molar-refractivity contribution < 1.29 is 22.3 Å². The Kier molecular flexibility index (Phi) is 5.17. The van der Waals surface area contributed by atoms with Gasteiger partial charge in [-0.05, 0) is 35.9 Å². The molecule has 0 radical (unpaired) electrons. The summed E-state index contributed by atoms with van der Waals surface area (Å²) in [5.41, 5.74) is 1.15. The number of fused-ring (bicyclic) bond motifs is 1. The van der Waals surface area contributed by atoms with Crippen LogP contribution in [0.25, 0.3) is 0 Å². The third kappa shape index (κ3) is 3.50. The summed E-state index contributed by atoms with van der Waals surface area (Å²) >= 11 is 0. The fourth-order valence-corrected chi connectivity index (χ4v) is 4.91. The van der Waals surface area contributed by atoms with Crippen LogP contribution in [0.15, 0.2) is 77.7 Å². The van der Waals surface area contributed by atoms with E-state index < -0.39 is 21.9 Å². The van der Waals surface area contributed by atoms with Gasteiger partial charge in [0, 0.05) is 5.56 Å². The molecule has 0 aliphatic carbocycles. The minimum atomic E-state index is -4.06. The van der Waals surface area contributed by atoms with Crippen LogP contribution >= 0.6 is 0 Å². The zero-order chi connectivity index (χ0) is 21.3. The van der Waals surface area contributed by atoms with E-state index in [1.165, 1.54) is 24.1 Å². The van der Waals surface area contributed by atoms with Gasteiger partial charge >= 0.3 is 6.03 Å². The number of anilines is 1. The number of amides is 2. The third-order valence-corrected chi connectivity index (χ3v) is 6.71. The number of ether oxygens (including phenoxy) is 1. The van der Waals surface area contributed by atoms with Crippen LogP contribution in [-0.4, -0.2) is 25.9 Å². The molecule has 0 aromatic heterocycles. The molecule has 154 valence electrons. The predicted molar refractivity (Wildman–Crippen MR) is 110 cm³/mol. The van der Waals surface area contributed by atoms with Crippen molar-refractivity contribution in [1.29, 1.82) is 0 Å². The van der Waals surface area contributed by atoms with E-state index in [-0.39, 0.29) is 23.7 Å². The van der Waals surface area contributed by atoms with Gasteiger partial charge < -0.3 is 4.74 Å². The number of methoxy groups -OCH3 is 1. The standard InChI is InChI=1S/C22H19FN2O4S/c1-29-18-12-10-16(11-13-18)14-25-22(26)24(15-17-6-2-3-7-19(17)23)20-8-4-5-9-21(20)30(25,27)28/h2-13H,14-15H2,1H3. The molecular weight excluding hydrogens is 407 g/mol. The van der Waals surface area contributed by atoms with E-state index in [1.807, 2.05) is 0 Å². The summed E-state index contributed by atoms with van der Waals surface area (Å²) in [5.74, 6) is 0.163. The number of hydrogen-bond donors (Lipinski definition) is 0. The van der Waals surface area contributed by atoms with Crippen molar-refractivity contribution in [3.8, 4) is 5.75 Å². The quantitative estimate of drug-likeness (QED) is 0.614. The van der Waals surface area contributed by atoms with Gasteiger partial charge in [0.1, 0.15) is 16.5 Å². The number of halogens is 1. The fourth-order valence-electron chi connectivity index (χ4n) is 3.36. The van der Waals surface area contributed by atoms with E-state index in [9.17, 15) is 17.6 Å². The molecule has 0 fully saturated rings. The number of carbonyl (C=O) groups is 1. The first kappa shape index (κ1) is 19.9. The zero-order valence-electron chi connectivity index (χ0n) is 16.2. The summed E-state index contributed by atoms with van der Waals surface area (Å²) in [5, 5.41) is 0. The largest absolute Gasteiger partial charge is 0.497 e. The maximum atomic E-state index is 14.2. The van der Waals surface area contributed by atoms with E-state index >= 15 is 0 Å². The van der Waals surface area contributed by atoms with Gasteiger partial charge in [-0.3, -0.25) is 4.90 Å². The normalized spacial score (nSPS) is 15.1. The Hall–Kier alpha value is -3.39. The van der Waals surface area contributed by atoms with Crippen molar-refractivity contribution in [1.82, 2.24) is 4.31 Å². The Balaban J connectivity index is 1.75. The molecular formula is C22H19FN2O4S. The molecule has 4 rings (SSSR count). The molecule has 0 saturated heterocycles. The first-order chi connectivity index (χ1) is 14.4. The van der Waals surface area contributed by atoms with E-state index in [0.29, 0.717) is 16.9 Å². The molecule has 6 nitrogen and oxygen atoms in total. The average molecular weight is 426 g/mol. The summed E-state index contributed by atoms with van der Waals surface area (Å²) in [7, 11) is -2.53. The van der Waals surface area contributed by atoms with Crippen LogP contribution in [0.5, 0.6) is 5.75 Å². The van der Waals surface area contributed by atoms with Crippen LogP contribution in [0.2, 0.25) is 0 Å². The SMILES string of the molecule is COc1ccc(CN2C(=O)N(Cc3ccccc3F)c3ccccc3S2(=O)=O)cc1. The van der Waals surface area contributed by atoms with Crippen molar-refractivity contribution >= 4 is 21.7 Å². The van der Waals surface area contributed by atoms with Crippen molar-refractivity contribution in [3.05, 3.63) is 89.7 Å². The number of para-hydroxylation sites is 1. The highest BCUT2D eigenvalue weighted by molar-refractivity contribution is 7.90. The lowest BCUT2D eigenvalue weighted by Crippen LogP contribution is -2.50. The summed E-state index contributed by atoms with van der Waals surface area (Å²) in [6, 6.07) is 18.4. The van der Waals surface area contributed by atoms with E-state index in [4.69, 9.17) is 4.74 Å². The van der Waals surface area contributed by atoms with E-state index in [1.54, 1.807) is 60.7 Å². The number of urea groups is 1. The lowest BCUT2D eigenvalue weighted by Gasteiger charge is -2.36. The second-order valence-electron chi connectivity index (χ2n) is 6.79. The lowest BCUT2D eigenvalue weighted by molar-refractivity contribution is 0.226. The van der Waals surface area contributed by atoms with Crippen LogP contribution in [0.4, 0.5) is 14.9 Å². The van der Waals surface area contributed by atoms with Crippen molar-refractivity contribution in [3.63, 3.8) is 0 Å². The number of nitrogens with zero attached hydrogens (tertiary/aromatic N) is 2. The molecule has 0 atom stereocenters. The van der Waals surface area contributed by atoms with Gasteiger partial charge in [-0.25, -0.2) is 21.9 Å². The van der Waals surface area contributed by atoms with Gasteiger partial charge in [0.05, 0.1) is 25.9 Å². The third-order valence-electron chi connectivity index (χ3n) is 4.94. The molecule has 2 amide bonds. The summed E-state index contributed by atoms with van der Waals surface area (Å²) in [4.78, 5) is 14.6. The zero-order valence-corrected chi connectivity index (χ0v) is 17.0. The molecule has 0 saturated carbocycles. The summed E-state index contributed by atoms with van der Waals surface area (Å²) in [6.45, 7) is -0.232. The number of benzene rings is 3. The monoisotopic (exact) mass is 426 g/mol. The lowest BCUT2D eigenvalue weighted by atomic mass is 10.2. The first-order valence-electron chi connectivity index (χ1n) is 9.21. The van der Waals surface area contributed by atoms with Gasteiger partial charge in [0.15, 0.2) is 0 Å². The molecule has 1 heterocycles. The smallest absolute Gasteiger partial charge is 0.339 e. The molecule has 3 aromatic rings. The molecule has 0 unspecified atom stereocenters. The van der Waals surface area contributed by atoms with Crippen molar-refractivity contribution in [2.45, 2.75) is 18.0 Å². The predicted octanol–water partition coefficient (Wildman–Crippen LogP) is 4.17. The van der Waals surface area contributed by atoms with Crippen LogP contribution in [0.3, 0.4) is 0 Å². The van der Waals surface area contributed by atoms with Gasteiger partial charge in [0.2, 0.25) is 0 Å². The van der Waals surface area contributed by atoms with Crippen molar-refractivity contribution in [2.75, 3.05) is 12.0 Å². The maximum absolute atomic E-state index is 14.2. The highest BCUT2D eigenvalue weighted by Gasteiger charge is 2.41. The maximum Gasteiger partial charge on any atom is 0.339 e. The Morgan fingerprint density at radius 1 is 0.900 bits per heavy atom. The second-order valence-corrected chi connectivity index (χ2v) is 8.62. The number of sulfonamides is 1. The molecule has 1 aliphatic heterocycles. The Bertz CT molecular complexity index is 1200. The van der Waals surface area contributed by atoms with Gasteiger partial charge in [-0.1, -0.05) is 42.5 Å². The van der Waals surface area contributed by atoms with Crippen LogP contribution in [0.1, 0.15) is 11.1 Å². The summed E-state index contributed by atoms with van der Waals surface area (Å²) in [6.07, 6.45) is 0. The molecule has 0 N–H and O–H groups in total. The highest BCUT2D eigenvalue weighted by atomic mass is 32.2. The average Bonchev–Trinajstić information content (AvgIpc) is 2.76. The minimum absolute atomic E-state index is 0.00875. The van der Waals surface area contributed by atoms with Gasteiger partial charge in [-0.15, -0.1) is 0 Å². The molecule has 30 heavy (non-hydrogen) atoms. The van der Waals surface area contributed by atoms with Gasteiger partial charge in [-0.2, -0.15) is 0 Å². The van der Waals surface area contributed by atoms with Crippen LogP contribution in [-0.2, 0) is 23.1 Å². The molecule has 8 heteroatoms. The minimum Gasteiger partial charge on any atom is -0.497 e. The number of carbonyl (C=O) groups excluding carboxylic acids is 1. The second kappa shape index (κ2) is 7.79. The first-order valence-corrected chi connectivity index (χ1v) is 10.7. The van der Waals surface area contributed by atoms with Crippen LogP contribution < -0.4 is 9.64 Å². The highest BCUT2D eigenvalue weighted by Crippen LogP contribution is 2.36. The molecule has 1 aliphatic rings. The topological polar surface area (TPSA) is 66.9 Å². The van der Waals surface area contributed by atoms with E-state index in [0.717, 1.165) is 4.31 Å². The van der Waals surface area contributed by atoms with Gasteiger partial charge in [0.25, 0.3) is 10.0 Å².